The Balaban J connectivity index is 1.63. The van der Waals surface area contributed by atoms with Crippen molar-refractivity contribution in [2.75, 3.05) is 5.73 Å². The Hall–Kier alpha value is -3.65. The summed E-state index contributed by atoms with van der Waals surface area (Å²) in [5.74, 6) is 0.484. The Bertz CT molecular complexity index is 1290. The number of hydrogen-bond acceptors (Lipinski definition) is 5. The van der Waals surface area contributed by atoms with E-state index in [1.807, 2.05) is 18.2 Å². The fourth-order valence-electron chi connectivity index (χ4n) is 3.96. The highest BCUT2D eigenvalue weighted by Gasteiger charge is 2.32. The minimum absolute atomic E-state index is 0.0400. The Morgan fingerprint density at radius 2 is 1.83 bits per heavy atom. The SMILES string of the molecule is Nc1nccc2c1n(-c1ccc(Oc3ccccc3)cc1F)c(=O)n2C1CC(N)C1. The molecule has 2 aromatic heterocycles. The lowest BCUT2D eigenvalue weighted by Gasteiger charge is -2.33. The summed E-state index contributed by atoms with van der Waals surface area (Å²) >= 11 is 0. The molecule has 2 aromatic carbocycles. The Morgan fingerprint density at radius 3 is 2.53 bits per heavy atom. The van der Waals surface area contributed by atoms with Gasteiger partial charge in [0.15, 0.2) is 5.82 Å². The minimum atomic E-state index is -0.599. The summed E-state index contributed by atoms with van der Waals surface area (Å²) in [4.78, 5) is 17.4. The monoisotopic (exact) mass is 405 g/mol. The molecule has 5 rings (SSSR count). The zero-order valence-electron chi connectivity index (χ0n) is 16.0. The van der Waals surface area contributed by atoms with Crippen LogP contribution in [0.5, 0.6) is 11.5 Å². The van der Waals surface area contributed by atoms with Gasteiger partial charge >= 0.3 is 5.69 Å². The molecule has 0 spiro atoms. The maximum Gasteiger partial charge on any atom is 0.334 e. The van der Waals surface area contributed by atoms with Crippen LogP contribution in [0.2, 0.25) is 0 Å². The molecule has 7 nitrogen and oxygen atoms in total. The number of pyridine rings is 1. The molecule has 8 heteroatoms. The fraction of sp³-hybridized carbons (Fsp3) is 0.182. The third-order valence-corrected chi connectivity index (χ3v) is 5.47. The van der Waals surface area contributed by atoms with Gasteiger partial charge in [0.05, 0.1) is 11.2 Å². The third kappa shape index (κ3) is 2.93. The van der Waals surface area contributed by atoms with Gasteiger partial charge in [0.2, 0.25) is 0 Å². The van der Waals surface area contributed by atoms with Crippen molar-refractivity contribution in [2.45, 2.75) is 24.9 Å². The molecule has 1 aliphatic carbocycles. The summed E-state index contributed by atoms with van der Waals surface area (Å²) < 4.78 is 23.7. The molecule has 0 radical (unpaired) electrons. The largest absolute Gasteiger partial charge is 0.457 e. The fourth-order valence-corrected chi connectivity index (χ4v) is 3.96. The highest BCUT2D eigenvalue weighted by molar-refractivity contribution is 5.87. The quantitative estimate of drug-likeness (QED) is 0.542. The number of fused-ring (bicyclic) bond motifs is 1. The van der Waals surface area contributed by atoms with Crippen molar-refractivity contribution < 1.29 is 9.13 Å². The van der Waals surface area contributed by atoms with Gasteiger partial charge < -0.3 is 16.2 Å². The molecule has 0 amide bonds. The van der Waals surface area contributed by atoms with Crippen LogP contribution in [0.15, 0.2) is 65.6 Å². The number of benzene rings is 2. The van der Waals surface area contributed by atoms with E-state index in [0.717, 1.165) is 0 Å². The molecule has 4 N–H and O–H groups in total. The number of anilines is 1. The standard InChI is InChI=1S/C22H20FN5O2/c23-17-12-16(30-15-4-2-1-3-5-15)6-7-18(17)28-20-19(8-9-26-21(20)25)27(22(28)29)14-10-13(24)11-14/h1-9,12-14H,10-11,24H2,(H2,25,26). The van der Waals surface area contributed by atoms with Crippen LogP contribution in [0.25, 0.3) is 16.7 Å². The van der Waals surface area contributed by atoms with Gasteiger partial charge in [-0.1, -0.05) is 18.2 Å². The van der Waals surface area contributed by atoms with Crippen molar-refractivity contribution in [1.29, 1.82) is 0 Å². The molecule has 0 unspecified atom stereocenters. The summed E-state index contributed by atoms with van der Waals surface area (Å²) in [5.41, 5.74) is 12.7. The first-order valence-corrected chi connectivity index (χ1v) is 9.69. The number of para-hydroxylation sites is 1. The number of aromatic nitrogens is 3. The van der Waals surface area contributed by atoms with E-state index in [0.29, 0.717) is 35.4 Å². The highest BCUT2D eigenvalue weighted by atomic mass is 19.1. The van der Waals surface area contributed by atoms with Crippen molar-refractivity contribution in [3.63, 3.8) is 0 Å². The average Bonchev–Trinajstić information content (AvgIpc) is 2.99. The minimum Gasteiger partial charge on any atom is -0.457 e. The number of rotatable bonds is 4. The van der Waals surface area contributed by atoms with E-state index < -0.39 is 5.82 Å². The van der Waals surface area contributed by atoms with Crippen LogP contribution in [0.1, 0.15) is 18.9 Å². The van der Waals surface area contributed by atoms with Gasteiger partial charge in [0.25, 0.3) is 0 Å². The van der Waals surface area contributed by atoms with E-state index in [1.54, 1.807) is 35.0 Å². The zero-order valence-corrected chi connectivity index (χ0v) is 16.0. The second-order valence-corrected chi connectivity index (χ2v) is 7.47. The van der Waals surface area contributed by atoms with Crippen LogP contribution >= 0.6 is 0 Å². The van der Waals surface area contributed by atoms with Crippen molar-refractivity contribution in [3.8, 4) is 17.2 Å². The topological polar surface area (TPSA) is 101 Å². The Morgan fingerprint density at radius 1 is 1.07 bits per heavy atom. The molecule has 1 saturated carbocycles. The number of nitrogen functional groups attached to an aromatic ring is 1. The predicted molar refractivity (Wildman–Crippen MR) is 112 cm³/mol. The summed E-state index contributed by atoms with van der Waals surface area (Å²) in [5, 5.41) is 0. The third-order valence-electron chi connectivity index (χ3n) is 5.47. The van der Waals surface area contributed by atoms with Crippen molar-refractivity contribution >= 4 is 16.9 Å². The first-order valence-electron chi connectivity index (χ1n) is 9.69. The van der Waals surface area contributed by atoms with Crippen LogP contribution in [0.3, 0.4) is 0 Å². The smallest absolute Gasteiger partial charge is 0.334 e. The van der Waals surface area contributed by atoms with Crippen LogP contribution in [0, 0.1) is 5.82 Å². The molecule has 1 aliphatic rings. The number of halogens is 1. The first kappa shape index (κ1) is 18.4. The van der Waals surface area contributed by atoms with Crippen LogP contribution in [0.4, 0.5) is 10.2 Å². The lowest BCUT2D eigenvalue weighted by molar-refractivity contribution is 0.266. The van der Waals surface area contributed by atoms with E-state index in [4.69, 9.17) is 16.2 Å². The Labute approximate surface area is 171 Å². The molecule has 4 aromatic rings. The van der Waals surface area contributed by atoms with Gasteiger partial charge in [-0.05, 0) is 43.2 Å². The maximum absolute atomic E-state index is 15.1. The zero-order chi connectivity index (χ0) is 20.8. The molecule has 1 fully saturated rings. The van der Waals surface area contributed by atoms with Crippen molar-refractivity contribution in [1.82, 2.24) is 14.1 Å². The normalized spacial score (nSPS) is 18.3. The Kier molecular flexibility index (Phi) is 4.29. The number of hydrogen-bond donors (Lipinski definition) is 2. The lowest BCUT2D eigenvalue weighted by Crippen LogP contribution is -2.41. The lowest BCUT2D eigenvalue weighted by atomic mass is 9.87. The molecule has 0 saturated heterocycles. The summed E-state index contributed by atoms with van der Waals surface area (Å²) in [6.07, 6.45) is 2.92. The van der Waals surface area contributed by atoms with E-state index in [-0.39, 0.29) is 29.3 Å². The molecule has 152 valence electrons. The molecule has 0 atom stereocenters. The summed E-state index contributed by atoms with van der Waals surface area (Å²) in [6, 6.07) is 15.2. The van der Waals surface area contributed by atoms with Crippen LogP contribution < -0.4 is 21.9 Å². The van der Waals surface area contributed by atoms with Crippen molar-refractivity contribution in [2.24, 2.45) is 5.73 Å². The van der Waals surface area contributed by atoms with E-state index in [1.165, 1.54) is 16.7 Å². The second kappa shape index (κ2) is 7.00. The molecule has 0 aliphatic heterocycles. The number of nitrogens with two attached hydrogens (primary N) is 2. The van der Waals surface area contributed by atoms with Gasteiger partial charge in [0.1, 0.15) is 22.8 Å². The maximum atomic E-state index is 15.1. The van der Waals surface area contributed by atoms with Gasteiger partial charge in [-0.3, -0.25) is 9.13 Å². The molecular formula is C22H20FN5O2. The highest BCUT2D eigenvalue weighted by Crippen LogP contribution is 2.34. The van der Waals surface area contributed by atoms with E-state index in [9.17, 15) is 4.79 Å². The predicted octanol–water partition coefficient (Wildman–Crippen LogP) is 3.36. The second-order valence-electron chi connectivity index (χ2n) is 7.47. The van der Waals surface area contributed by atoms with E-state index in [2.05, 4.69) is 4.98 Å². The average molecular weight is 405 g/mol. The summed E-state index contributed by atoms with van der Waals surface area (Å²) in [7, 11) is 0. The van der Waals surface area contributed by atoms with E-state index >= 15 is 4.39 Å². The number of ether oxygens (including phenoxy) is 1. The molecular weight excluding hydrogens is 385 g/mol. The van der Waals surface area contributed by atoms with Gasteiger partial charge in [0, 0.05) is 24.3 Å². The molecule has 2 heterocycles. The van der Waals surface area contributed by atoms with Crippen LogP contribution in [-0.4, -0.2) is 20.2 Å². The summed E-state index contributed by atoms with van der Waals surface area (Å²) in [6.45, 7) is 0. The van der Waals surface area contributed by atoms with Gasteiger partial charge in [-0.25, -0.2) is 14.2 Å². The van der Waals surface area contributed by atoms with Gasteiger partial charge in [-0.2, -0.15) is 0 Å². The van der Waals surface area contributed by atoms with Crippen LogP contribution in [-0.2, 0) is 0 Å². The first-order chi connectivity index (χ1) is 14.5. The molecule has 30 heavy (non-hydrogen) atoms. The number of imidazole rings is 1. The molecule has 0 bridgehead atoms. The van der Waals surface area contributed by atoms with Crippen molar-refractivity contribution in [3.05, 3.63) is 77.1 Å². The van der Waals surface area contributed by atoms with Gasteiger partial charge in [-0.15, -0.1) is 0 Å². The number of nitrogens with zero attached hydrogens (tertiary/aromatic N) is 3.